The van der Waals surface area contributed by atoms with E-state index in [2.05, 4.69) is 20.0 Å². The Morgan fingerprint density at radius 1 is 1.03 bits per heavy atom. The van der Waals surface area contributed by atoms with Crippen molar-refractivity contribution in [3.63, 3.8) is 0 Å². The van der Waals surface area contributed by atoms with Gasteiger partial charge in [-0.3, -0.25) is 14.4 Å². The van der Waals surface area contributed by atoms with Crippen LogP contribution >= 0.6 is 0 Å². The van der Waals surface area contributed by atoms with Crippen LogP contribution in [-0.2, 0) is 9.53 Å². The number of carbonyl (C=O) groups excluding carboxylic acids is 3. The van der Waals surface area contributed by atoms with Gasteiger partial charge in [-0.2, -0.15) is 0 Å². The Balaban J connectivity index is 1.73. The van der Waals surface area contributed by atoms with Crippen molar-refractivity contribution in [3.8, 4) is 0 Å². The van der Waals surface area contributed by atoms with Crippen molar-refractivity contribution in [2.45, 2.75) is 31.9 Å². The van der Waals surface area contributed by atoms with Gasteiger partial charge in [-0.25, -0.2) is 9.78 Å². The zero-order valence-electron chi connectivity index (χ0n) is 18.6. The van der Waals surface area contributed by atoms with Gasteiger partial charge >= 0.3 is 5.97 Å². The molecule has 1 heterocycles. The van der Waals surface area contributed by atoms with E-state index in [1.54, 1.807) is 6.92 Å². The Labute approximate surface area is 195 Å². The first-order valence-electron chi connectivity index (χ1n) is 10.8. The number of aromatic amines is 1. The minimum absolute atomic E-state index is 0.109. The third-order valence-corrected chi connectivity index (χ3v) is 5.05. The van der Waals surface area contributed by atoms with Crippen LogP contribution in [0.25, 0.3) is 0 Å². The standard InChI is InChI=1S/C25H25N3O6/c1-2-34-25(33)20(30)14-13-19(29)22-26-15-18(24(32)28-22)23(31)27-21(16-9-5-3-6-10-16)17-11-7-4-8-12-17/h3-12,15,20-21,30H,2,13-14H2,1H3,(H,27,31)(H,26,28,32)/t20-/m1/s1. The Bertz CT molecular complexity index is 1150. The quantitative estimate of drug-likeness (QED) is 0.309. The molecule has 0 saturated heterocycles. The number of esters is 1. The van der Waals surface area contributed by atoms with E-state index in [0.29, 0.717) is 0 Å². The van der Waals surface area contributed by atoms with E-state index < -0.39 is 35.4 Å². The van der Waals surface area contributed by atoms with Gasteiger partial charge in [0, 0.05) is 12.6 Å². The van der Waals surface area contributed by atoms with E-state index in [9.17, 15) is 24.3 Å². The number of hydrogen-bond donors (Lipinski definition) is 3. The van der Waals surface area contributed by atoms with Crippen LogP contribution in [0.15, 0.2) is 71.7 Å². The number of nitrogens with one attached hydrogen (secondary N) is 2. The van der Waals surface area contributed by atoms with E-state index in [1.807, 2.05) is 60.7 Å². The van der Waals surface area contributed by atoms with Crippen molar-refractivity contribution in [1.82, 2.24) is 15.3 Å². The number of aliphatic hydroxyl groups is 1. The number of ketones is 1. The van der Waals surface area contributed by atoms with E-state index in [4.69, 9.17) is 0 Å². The number of hydrogen-bond acceptors (Lipinski definition) is 7. The summed E-state index contributed by atoms with van der Waals surface area (Å²) in [6, 6.07) is 18.1. The van der Waals surface area contributed by atoms with Gasteiger partial charge in [0.1, 0.15) is 5.56 Å². The number of amides is 1. The Kier molecular flexibility index (Phi) is 8.42. The van der Waals surface area contributed by atoms with Crippen molar-refractivity contribution in [2.24, 2.45) is 0 Å². The molecule has 1 amide bonds. The molecule has 9 nitrogen and oxygen atoms in total. The fourth-order valence-electron chi connectivity index (χ4n) is 3.30. The minimum Gasteiger partial charge on any atom is -0.464 e. The second kappa shape index (κ2) is 11.7. The van der Waals surface area contributed by atoms with Crippen LogP contribution in [0.5, 0.6) is 0 Å². The largest absolute Gasteiger partial charge is 0.464 e. The van der Waals surface area contributed by atoms with Gasteiger partial charge in [0.15, 0.2) is 17.7 Å². The lowest BCUT2D eigenvalue weighted by Crippen LogP contribution is -2.34. The molecule has 0 radical (unpaired) electrons. The van der Waals surface area contributed by atoms with Crippen LogP contribution in [0.2, 0.25) is 0 Å². The van der Waals surface area contributed by atoms with Gasteiger partial charge in [-0.05, 0) is 24.5 Å². The molecule has 34 heavy (non-hydrogen) atoms. The summed E-state index contributed by atoms with van der Waals surface area (Å²) in [5, 5.41) is 12.6. The second-order valence-electron chi connectivity index (χ2n) is 7.43. The maximum Gasteiger partial charge on any atom is 0.334 e. The molecule has 0 aliphatic carbocycles. The first kappa shape index (κ1) is 24.5. The van der Waals surface area contributed by atoms with Crippen LogP contribution in [0, 0.1) is 0 Å². The molecular weight excluding hydrogens is 438 g/mol. The Morgan fingerprint density at radius 3 is 2.15 bits per heavy atom. The molecule has 3 rings (SSSR count). The molecule has 2 aromatic carbocycles. The van der Waals surface area contributed by atoms with Gasteiger partial charge in [-0.1, -0.05) is 60.7 Å². The predicted octanol–water partition coefficient (Wildman–Crippen LogP) is 2.18. The summed E-state index contributed by atoms with van der Waals surface area (Å²) in [5.74, 6) is -2.32. The van der Waals surface area contributed by atoms with Crippen molar-refractivity contribution in [2.75, 3.05) is 6.61 Å². The lowest BCUT2D eigenvalue weighted by molar-refractivity contribution is -0.153. The lowest BCUT2D eigenvalue weighted by Gasteiger charge is -2.19. The zero-order valence-corrected chi connectivity index (χ0v) is 18.6. The third-order valence-electron chi connectivity index (χ3n) is 5.05. The molecular formula is C25H25N3O6. The predicted molar refractivity (Wildman–Crippen MR) is 123 cm³/mol. The summed E-state index contributed by atoms with van der Waals surface area (Å²) in [5.41, 5.74) is 0.637. The molecule has 3 N–H and O–H groups in total. The normalized spacial score (nSPS) is 11.6. The molecule has 0 bridgehead atoms. The zero-order chi connectivity index (χ0) is 24.5. The van der Waals surface area contributed by atoms with Gasteiger partial charge in [-0.15, -0.1) is 0 Å². The fourth-order valence-corrected chi connectivity index (χ4v) is 3.30. The van der Waals surface area contributed by atoms with E-state index in [1.165, 1.54) is 0 Å². The highest BCUT2D eigenvalue weighted by Gasteiger charge is 2.22. The topological polar surface area (TPSA) is 138 Å². The van der Waals surface area contributed by atoms with Crippen molar-refractivity contribution >= 4 is 17.7 Å². The van der Waals surface area contributed by atoms with E-state index in [0.717, 1.165) is 17.3 Å². The third kappa shape index (κ3) is 6.23. The van der Waals surface area contributed by atoms with Gasteiger partial charge in [0.25, 0.3) is 11.5 Å². The number of benzene rings is 2. The smallest absolute Gasteiger partial charge is 0.334 e. The first-order chi connectivity index (χ1) is 16.4. The molecule has 0 aliphatic rings. The number of rotatable bonds is 10. The van der Waals surface area contributed by atoms with E-state index in [-0.39, 0.29) is 30.8 Å². The van der Waals surface area contributed by atoms with Crippen LogP contribution in [0.3, 0.4) is 0 Å². The molecule has 0 unspecified atom stereocenters. The number of ether oxygens (including phenoxy) is 1. The van der Waals surface area contributed by atoms with E-state index >= 15 is 0 Å². The molecule has 176 valence electrons. The van der Waals surface area contributed by atoms with Crippen LogP contribution in [0.4, 0.5) is 0 Å². The van der Waals surface area contributed by atoms with Crippen LogP contribution < -0.4 is 10.9 Å². The molecule has 1 aromatic heterocycles. The van der Waals surface area contributed by atoms with Gasteiger partial charge in [0.2, 0.25) is 0 Å². The number of aliphatic hydroxyl groups excluding tert-OH is 1. The summed E-state index contributed by atoms with van der Waals surface area (Å²) < 4.78 is 4.68. The minimum atomic E-state index is -1.45. The summed E-state index contributed by atoms with van der Waals surface area (Å²) in [4.78, 5) is 55.4. The highest BCUT2D eigenvalue weighted by Crippen LogP contribution is 2.22. The number of Topliss-reactive ketones (excluding diaryl/α,β-unsaturated/α-hetero) is 1. The van der Waals surface area contributed by atoms with Gasteiger partial charge in [0.05, 0.1) is 12.6 Å². The summed E-state index contributed by atoms with van der Waals surface area (Å²) in [6.45, 7) is 1.71. The molecule has 0 aliphatic heterocycles. The van der Waals surface area contributed by atoms with Crippen molar-refractivity contribution < 1.29 is 24.2 Å². The average molecular weight is 463 g/mol. The monoisotopic (exact) mass is 463 g/mol. The highest BCUT2D eigenvalue weighted by atomic mass is 16.5. The van der Waals surface area contributed by atoms with Crippen molar-refractivity contribution in [3.05, 3.63) is 99.7 Å². The number of H-pyrrole nitrogens is 1. The molecule has 3 aromatic rings. The number of carbonyl (C=O) groups is 3. The summed E-state index contributed by atoms with van der Waals surface area (Å²) >= 11 is 0. The highest BCUT2D eigenvalue weighted by molar-refractivity contribution is 5.96. The SMILES string of the molecule is CCOC(=O)[C@H](O)CCC(=O)c1ncc(C(=O)NC(c2ccccc2)c2ccccc2)c(=O)[nH]1. The maximum absolute atomic E-state index is 12.9. The molecule has 9 heteroatoms. The Morgan fingerprint density at radius 2 is 1.62 bits per heavy atom. The maximum atomic E-state index is 12.9. The van der Waals surface area contributed by atoms with Gasteiger partial charge < -0.3 is 20.1 Å². The summed E-state index contributed by atoms with van der Waals surface area (Å²) in [6.07, 6.45) is -0.831. The molecule has 0 saturated carbocycles. The second-order valence-corrected chi connectivity index (χ2v) is 7.43. The van der Waals surface area contributed by atoms with Crippen molar-refractivity contribution in [1.29, 1.82) is 0 Å². The molecule has 0 spiro atoms. The first-order valence-corrected chi connectivity index (χ1v) is 10.8. The molecule has 0 fully saturated rings. The number of nitrogens with zero attached hydrogens (tertiary/aromatic N) is 1. The Hall–Kier alpha value is -4.11. The summed E-state index contributed by atoms with van der Waals surface area (Å²) in [7, 11) is 0. The molecule has 1 atom stereocenters. The number of aromatic nitrogens is 2. The van der Waals surface area contributed by atoms with Crippen LogP contribution in [-0.4, -0.2) is 45.4 Å². The van der Waals surface area contributed by atoms with Crippen LogP contribution in [0.1, 0.15) is 57.9 Å². The lowest BCUT2D eigenvalue weighted by atomic mass is 9.98. The average Bonchev–Trinajstić information content (AvgIpc) is 2.86. The fraction of sp³-hybridized carbons (Fsp3) is 0.240.